The van der Waals surface area contributed by atoms with Gasteiger partial charge in [-0.3, -0.25) is 0 Å². The Morgan fingerprint density at radius 1 is 0.789 bits per heavy atom. The van der Waals surface area contributed by atoms with E-state index >= 15 is 0 Å². The molecule has 0 spiro atoms. The van der Waals surface area contributed by atoms with Gasteiger partial charge in [0.25, 0.3) is 0 Å². The predicted octanol–water partition coefficient (Wildman–Crippen LogP) is 4.93. The molecule has 0 N–H and O–H groups in total. The van der Waals surface area contributed by atoms with Crippen LogP contribution in [0.25, 0.3) is 16.0 Å². The van der Waals surface area contributed by atoms with Crippen molar-refractivity contribution >= 4 is 0 Å². The van der Waals surface area contributed by atoms with Crippen molar-refractivity contribution in [2.24, 2.45) is 3.34 Å². The first-order valence-electron chi connectivity index (χ1n) is 6.90. The van der Waals surface area contributed by atoms with E-state index in [1.54, 1.807) is 42.0 Å². The zero-order valence-corrected chi connectivity index (χ0v) is 16.8. The van der Waals surface area contributed by atoms with E-state index in [0.29, 0.717) is 0 Å². The summed E-state index contributed by atoms with van der Waals surface area (Å²) < 4.78 is 4.19. The fourth-order valence-electron chi connectivity index (χ4n) is 0.0707. The standard InChI is InChI=1S/C5H11N.3C3H8N.Nb/c1-4-5(2,3)6;3*1-3-4-2;/h4H2,1-3H3;3*3H2,1-2H3;/q;3*-1;. The summed E-state index contributed by atoms with van der Waals surface area (Å²) in [5, 5.41) is 11.2. The molecule has 0 bridgehead atoms. The Bertz CT molecular complexity index is 126. The van der Waals surface area contributed by atoms with Crippen molar-refractivity contribution in [1.29, 1.82) is 0 Å². The van der Waals surface area contributed by atoms with Crippen LogP contribution in [0.2, 0.25) is 0 Å². The van der Waals surface area contributed by atoms with Gasteiger partial charge in [-0.2, -0.15) is 40.8 Å². The van der Waals surface area contributed by atoms with Crippen molar-refractivity contribution in [2.75, 3.05) is 40.8 Å². The molecule has 0 aromatic rings. The summed E-state index contributed by atoms with van der Waals surface area (Å²) >= 11 is 1.55. The molecule has 19 heavy (non-hydrogen) atoms. The predicted molar refractivity (Wildman–Crippen MR) is 86.3 cm³/mol. The van der Waals surface area contributed by atoms with E-state index in [1.165, 1.54) is 0 Å². The molecule has 0 saturated heterocycles. The number of hydrogen-bond donors (Lipinski definition) is 0. The van der Waals surface area contributed by atoms with Crippen LogP contribution >= 0.6 is 0 Å². The van der Waals surface area contributed by atoms with E-state index in [9.17, 15) is 0 Å². The van der Waals surface area contributed by atoms with Gasteiger partial charge in [-0.25, -0.2) is 0 Å². The van der Waals surface area contributed by atoms with Crippen LogP contribution in [-0.4, -0.2) is 46.3 Å². The first-order valence-corrected chi connectivity index (χ1v) is 7.88. The zero-order chi connectivity index (χ0) is 16.2. The van der Waals surface area contributed by atoms with Crippen molar-refractivity contribution < 1.29 is 20.9 Å². The molecule has 0 unspecified atom stereocenters. The molecule has 0 rings (SSSR count). The molecule has 0 aliphatic rings. The van der Waals surface area contributed by atoms with Gasteiger partial charge in [-0.05, 0) is 0 Å². The van der Waals surface area contributed by atoms with Gasteiger partial charge in [0.05, 0.1) is 0 Å². The van der Waals surface area contributed by atoms with Gasteiger partial charge in [0.2, 0.25) is 0 Å². The number of rotatable bonds is 5. The number of hydrogen-bond acceptors (Lipinski definition) is 1. The Morgan fingerprint density at radius 2 is 1.00 bits per heavy atom. The molecule has 0 aliphatic carbocycles. The minimum absolute atomic E-state index is 0.231. The third kappa shape index (κ3) is 56.0. The van der Waals surface area contributed by atoms with Crippen LogP contribution < -0.4 is 0 Å². The van der Waals surface area contributed by atoms with E-state index in [4.69, 9.17) is 0 Å². The summed E-state index contributed by atoms with van der Waals surface area (Å²) in [6, 6.07) is 0. The minimum Gasteiger partial charge on any atom is -0.665 e. The average molecular weight is 352 g/mol. The molecule has 0 fully saturated rings. The largest absolute Gasteiger partial charge is 0.665 e. The van der Waals surface area contributed by atoms with Crippen molar-refractivity contribution in [2.45, 2.75) is 53.5 Å². The van der Waals surface area contributed by atoms with Crippen LogP contribution in [0.15, 0.2) is 3.34 Å². The molecule has 0 aliphatic heterocycles. The first kappa shape index (κ1) is 27.7. The molecule has 0 heterocycles. The van der Waals surface area contributed by atoms with Crippen LogP contribution in [0.4, 0.5) is 0 Å². The fourth-order valence-corrected chi connectivity index (χ4v) is 0.418. The Labute approximate surface area is 134 Å². The average Bonchev–Trinajstić information content (AvgIpc) is 2.47. The number of nitrogens with zero attached hydrogens (tertiary/aromatic N) is 4. The van der Waals surface area contributed by atoms with E-state index in [-0.39, 0.29) is 5.54 Å². The summed E-state index contributed by atoms with van der Waals surface area (Å²) in [7, 11) is 5.42. The second-order valence-corrected chi connectivity index (χ2v) is 4.65. The molecular formula is C14H35N4Nb-3. The van der Waals surface area contributed by atoms with E-state index in [0.717, 1.165) is 26.1 Å². The smallest absolute Gasteiger partial charge is 0.0844 e. The minimum atomic E-state index is 0.231. The quantitative estimate of drug-likeness (QED) is 0.630. The van der Waals surface area contributed by atoms with E-state index in [1.807, 2.05) is 20.8 Å². The van der Waals surface area contributed by atoms with Gasteiger partial charge in [-0.1, -0.05) is 20.8 Å². The van der Waals surface area contributed by atoms with E-state index < -0.39 is 0 Å². The van der Waals surface area contributed by atoms with Crippen molar-refractivity contribution in [3.63, 3.8) is 0 Å². The monoisotopic (exact) mass is 352 g/mol. The first-order chi connectivity index (χ1) is 8.86. The normalized spacial score (nSPS) is 8.84. The van der Waals surface area contributed by atoms with Crippen LogP contribution in [0.5, 0.6) is 0 Å². The topological polar surface area (TPSA) is 54.7 Å². The second kappa shape index (κ2) is 26.9. The Hall–Kier alpha value is 0.420. The summed E-state index contributed by atoms with van der Waals surface area (Å²) in [6.07, 6.45) is 1.14. The maximum absolute atomic E-state index is 4.19. The molecule has 0 saturated carbocycles. The molecule has 0 aromatic heterocycles. The SMILES string of the molecule is CCC(C)(C)[N]=[Nb].CC[N-]C.CC[N-]C.CC[N-]C. The van der Waals surface area contributed by atoms with Crippen molar-refractivity contribution in [3.8, 4) is 0 Å². The third-order valence-corrected chi connectivity index (χ3v) is 3.42. The van der Waals surface area contributed by atoms with Crippen LogP contribution in [0.1, 0.15) is 48.0 Å². The van der Waals surface area contributed by atoms with Gasteiger partial charge < -0.3 is 16.0 Å². The van der Waals surface area contributed by atoms with Gasteiger partial charge >= 0.3 is 57.0 Å². The van der Waals surface area contributed by atoms with E-state index in [2.05, 4.69) is 40.1 Å². The summed E-state index contributed by atoms with van der Waals surface area (Å²) in [5.41, 5.74) is 0.231. The molecule has 119 valence electrons. The Morgan fingerprint density at radius 3 is 1.00 bits per heavy atom. The summed E-state index contributed by atoms with van der Waals surface area (Å²) in [6.45, 7) is 15.3. The third-order valence-electron chi connectivity index (χ3n) is 2.08. The molecular weight excluding hydrogens is 317 g/mol. The molecule has 0 amide bonds. The summed E-state index contributed by atoms with van der Waals surface area (Å²) in [4.78, 5) is 0. The van der Waals surface area contributed by atoms with Crippen molar-refractivity contribution in [1.82, 2.24) is 0 Å². The maximum Gasteiger partial charge on any atom is -0.0844 e. The zero-order valence-electron chi connectivity index (χ0n) is 14.6. The molecule has 0 aromatic carbocycles. The fraction of sp³-hybridized carbons (Fsp3) is 1.00. The second-order valence-electron chi connectivity index (χ2n) is 4.16. The Balaban J connectivity index is -0.0000000825. The molecule has 0 atom stereocenters. The van der Waals surface area contributed by atoms with Gasteiger partial charge in [0.1, 0.15) is 0 Å². The summed E-state index contributed by atoms with van der Waals surface area (Å²) in [5.74, 6) is 0. The Kier molecular flexibility index (Phi) is 39.2. The van der Waals surface area contributed by atoms with Crippen LogP contribution in [0.3, 0.4) is 0 Å². The van der Waals surface area contributed by atoms with Crippen LogP contribution in [-0.2, 0) is 20.9 Å². The maximum atomic E-state index is 4.19. The van der Waals surface area contributed by atoms with Gasteiger partial charge in [0.15, 0.2) is 0 Å². The molecule has 0 radical (unpaired) electrons. The molecule has 4 nitrogen and oxygen atoms in total. The van der Waals surface area contributed by atoms with Gasteiger partial charge in [0, 0.05) is 0 Å². The van der Waals surface area contributed by atoms with Crippen LogP contribution in [0, 0.1) is 0 Å². The van der Waals surface area contributed by atoms with Crippen molar-refractivity contribution in [3.05, 3.63) is 16.0 Å². The van der Waals surface area contributed by atoms with Gasteiger partial charge in [-0.15, -0.1) is 0 Å². The molecule has 5 heteroatoms.